The Morgan fingerprint density at radius 2 is 2.06 bits per heavy atom. The van der Waals surface area contributed by atoms with Gasteiger partial charge in [-0.1, -0.05) is 34.8 Å². The van der Waals surface area contributed by atoms with E-state index in [-0.39, 0.29) is 16.7 Å². The molecule has 6 heteroatoms. The van der Waals surface area contributed by atoms with Crippen LogP contribution in [-0.2, 0) is 16.1 Å². The predicted octanol–water partition coefficient (Wildman–Crippen LogP) is 4.07. The fourth-order valence-corrected chi connectivity index (χ4v) is 2.00. The van der Waals surface area contributed by atoms with Gasteiger partial charge in [-0.3, -0.25) is 4.79 Å². The van der Waals surface area contributed by atoms with Crippen LogP contribution in [0.3, 0.4) is 0 Å². The van der Waals surface area contributed by atoms with Gasteiger partial charge in [-0.15, -0.1) is 0 Å². The van der Waals surface area contributed by atoms with E-state index in [1.54, 1.807) is 6.07 Å². The van der Waals surface area contributed by atoms with Gasteiger partial charge in [0.25, 0.3) is 6.47 Å². The standard InChI is InChI=1S/C10H5Cl3O3/c11-7-1-6-5(2-15-4-14)3-16-10(6)9(13)8(7)12/h1,3-4H,2H2. The van der Waals surface area contributed by atoms with Crippen LogP contribution >= 0.6 is 34.8 Å². The van der Waals surface area contributed by atoms with Gasteiger partial charge in [-0.25, -0.2) is 0 Å². The van der Waals surface area contributed by atoms with Gasteiger partial charge in [0.05, 0.1) is 16.3 Å². The first kappa shape index (κ1) is 11.6. The van der Waals surface area contributed by atoms with Gasteiger partial charge in [0, 0.05) is 10.9 Å². The molecule has 0 bridgehead atoms. The summed E-state index contributed by atoms with van der Waals surface area (Å²) in [7, 11) is 0. The molecule has 1 aromatic carbocycles. The number of hydrogen-bond acceptors (Lipinski definition) is 3. The van der Waals surface area contributed by atoms with Crippen molar-refractivity contribution in [2.45, 2.75) is 6.61 Å². The lowest BCUT2D eigenvalue weighted by Gasteiger charge is -2.01. The number of benzene rings is 1. The van der Waals surface area contributed by atoms with Crippen LogP contribution < -0.4 is 0 Å². The molecule has 0 radical (unpaired) electrons. The molecule has 0 saturated heterocycles. The van der Waals surface area contributed by atoms with Crippen LogP contribution in [0.2, 0.25) is 15.1 Å². The molecular formula is C10H5Cl3O3. The van der Waals surface area contributed by atoms with Gasteiger partial charge in [0.15, 0.2) is 5.58 Å². The van der Waals surface area contributed by atoms with Crippen LogP contribution in [0, 0.1) is 0 Å². The maximum Gasteiger partial charge on any atom is 0.293 e. The Morgan fingerprint density at radius 1 is 1.31 bits per heavy atom. The van der Waals surface area contributed by atoms with Gasteiger partial charge in [0.1, 0.15) is 11.6 Å². The van der Waals surface area contributed by atoms with Crippen molar-refractivity contribution in [3.63, 3.8) is 0 Å². The lowest BCUT2D eigenvalue weighted by Crippen LogP contribution is -1.88. The highest BCUT2D eigenvalue weighted by Crippen LogP contribution is 2.38. The number of rotatable bonds is 3. The summed E-state index contributed by atoms with van der Waals surface area (Å²) in [4.78, 5) is 10.1. The van der Waals surface area contributed by atoms with Crippen LogP contribution in [0.25, 0.3) is 11.0 Å². The van der Waals surface area contributed by atoms with Crippen LogP contribution in [0.15, 0.2) is 16.7 Å². The SMILES string of the molecule is O=COCc1coc2c(Cl)c(Cl)c(Cl)cc12. The van der Waals surface area contributed by atoms with Crippen molar-refractivity contribution in [3.05, 3.63) is 33.0 Å². The third kappa shape index (κ3) is 1.86. The minimum atomic E-state index is 0.102. The molecule has 2 aromatic rings. The van der Waals surface area contributed by atoms with E-state index in [1.807, 2.05) is 0 Å². The largest absolute Gasteiger partial charge is 0.463 e. The molecule has 0 amide bonds. The number of carbonyl (C=O) groups excluding carboxylic acids is 1. The monoisotopic (exact) mass is 278 g/mol. The molecule has 2 rings (SSSR count). The summed E-state index contributed by atoms with van der Waals surface area (Å²) < 4.78 is 9.88. The smallest absolute Gasteiger partial charge is 0.293 e. The molecule has 16 heavy (non-hydrogen) atoms. The maximum atomic E-state index is 10.1. The van der Waals surface area contributed by atoms with Crippen LogP contribution in [0.4, 0.5) is 0 Å². The summed E-state index contributed by atoms with van der Waals surface area (Å²) in [6.45, 7) is 0.461. The molecular weight excluding hydrogens is 274 g/mol. The molecule has 1 aromatic heterocycles. The van der Waals surface area contributed by atoms with E-state index in [0.717, 1.165) is 0 Å². The summed E-state index contributed by atoms with van der Waals surface area (Å²) in [6.07, 6.45) is 1.45. The summed E-state index contributed by atoms with van der Waals surface area (Å²) >= 11 is 17.7. The van der Waals surface area contributed by atoms with Crippen LogP contribution in [0.5, 0.6) is 0 Å². The van der Waals surface area contributed by atoms with Crippen molar-refractivity contribution in [2.75, 3.05) is 0 Å². The van der Waals surface area contributed by atoms with Crippen molar-refractivity contribution in [1.29, 1.82) is 0 Å². The summed E-state index contributed by atoms with van der Waals surface area (Å²) in [5.41, 5.74) is 1.11. The lowest BCUT2D eigenvalue weighted by atomic mass is 10.2. The zero-order valence-corrected chi connectivity index (χ0v) is 10.1. The molecule has 84 valence electrons. The van der Waals surface area contributed by atoms with Crippen molar-refractivity contribution < 1.29 is 13.9 Å². The third-order valence-electron chi connectivity index (χ3n) is 2.09. The first-order chi connectivity index (χ1) is 7.65. The Kier molecular flexibility index (Phi) is 3.28. The topological polar surface area (TPSA) is 39.4 Å². The average molecular weight is 280 g/mol. The zero-order valence-electron chi connectivity index (χ0n) is 7.80. The molecule has 0 atom stereocenters. The van der Waals surface area contributed by atoms with E-state index in [0.29, 0.717) is 28.0 Å². The van der Waals surface area contributed by atoms with Gasteiger partial charge in [-0.05, 0) is 6.07 Å². The number of hydrogen-bond donors (Lipinski definition) is 0. The first-order valence-electron chi connectivity index (χ1n) is 4.24. The number of halogens is 3. The summed E-state index contributed by atoms with van der Waals surface area (Å²) in [5.74, 6) is 0. The summed E-state index contributed by atoms with van der Waals surface area (Å²) in [6, 6.07) is 1.62. The van der Waals surface area contributed by atoms with Gasteiger partial charge >= 0.3 is 0 Å². The highest BCUT2D eigenvalue weighted by molar-refractivity contribution is 6.50. The Labute approximate surface area is 106 Å². The van der Waals surface area contributed by atoms with Crippen LogP contribution in [-0.4, -0.2) is 6.47 Å². The highest BCUT2D eigenvalue weighted by atomic mass is 35.5. The molecule has 0 spiro atoms. The lowest BCUT2D eigenvalue weighted by molar-refractivity contribution is -0.129. The second-order valence-corrected chi connectivity index (χ2v) is 4.19. The number of fused-ring (bicyclic) bond motifs is 1. The molecule has 0 aliphatic carbocycles. The second-order valence-electron chi connectivity index (χ2n) is 3.03. The molecule has 0 aliphatic heterocycles. The maximum absolute atomic E-state index is 10.1. The number of furan rings is 1. The Balaban J connectivity index is 2.59. The normalized spacial score (nSPS) is 10.7. The Hall–Kier alpha value is -0.900. The van der Waals surface area contributed by atoms with Crippen LogP contribution in [0.1, 0.15) is 5.56 Å². The van der Waals surface area contributed by atoms with Gasteiger partial charge < -0.3 is 9.15 Å². The van der Waals surface area contributed by atoms with Gasteiger partial charge in [0.2, 0.25) is 0 Å². The molecule has 0 saturated carbocycles. The summed E-state index contributed by atoms with van der Waals surface area (Å²) in [5, 5.41) is 1.50. The molecule has 0 fully saturated rings. The van der Waals surface area contributed by atoms with Crippen molar-refractivity contribution in [3.8, 4) is 0 Å². The molecule has 1 heterocycles. The predicted molar refractivity (Wildman–Crippen MR) is 62.1 cm³/mol. The van der Waals surface area contributed by atoms with Crippen molar-refractivity contribution in [1.82, 2.24) is 0 Å². The average Bonchev–Trinajstić information content (AvgIpc) is 2.66. The fraction of sp³-hybridized carbons (Fsp3) is 0.100. The fourth-order valence-electron chi connectivity index (χ4n) is 1.36. The second kappa shape index (κ2) is 4.53. The quantitative estimate of drug-likeness (QED) is 0.628. The third-order valence-corrected chi connectivity index (χ3v) is 3.33. The van der Waals surface area contributed by atoms with Crippen molar-refractivity contribution in [2.24, 2.45) is 0 Å². The first-order valence-corrected chi connectivity index (χ1v) is 5.37. The van der Waals surface area contributed by atoms with E-state index >= 15 is 0 Å². The number of ether oxygens (including phenoxy) is 1. The molecule has 0 aliphatic rings. The van der Waals surface area contributed by atoms with E-state index in [2.05, 4.69) is 4.74 Å². The number of carbonyl (C=O) groups is 1. The molecule has 0 N–H and O–H groups in total. The molecule has 3 nitrogen and oxygen atoms in total. The molecule has 0 unspecified atom stereocenters. The zero-order chi connectivity index (χ0) is 11.7. The minimum absolute atomic E-state index is 0.102. The Morgan fingerprint density at radius 3 is 2.75 bits per heavy atom. The Bertz CT molecular complexity index is 548. The van der Waals surface area contributed by atoms with E-state index < -0.39 is 0 Å². The van der Waals surface area contributed by atoms with Crippen molar-refractivity contribution >= 4 is 52.2 Å². The van der Waals surface area contributed by atoms with E-state index in [9.17, 15) is 4.79 Å². The minimum Gasteiger partial charge on any atom is -0.463 e. The van der Waals surface area contributed by atoms with Gasteiger partial charge in [-0.2, -0.15) is 0 Å². The van der Waals surface area contributed by atoms with E-state index in [4.69, 9.17) is 39.2 Å². The highest BCUT2D eigenvalue weighted by Gasteiger charge is 2.15. The van der Waals surface area contributed by atoms with E-state index in [1.165, 1.54) is 6.26 Å².